The van der Waals surface area contributed by atoms with Gasteiger partial charge in [0.15, 0.2) is 12.4 Å². The standard InChI is InChI=1S/C16H12ClF3N2O4/c17-11-4-8(16(18,19)20)6-21-14(11)22-13(23)7-26-15(24)10-5-9(10)12-2-1-3-25-12/h1-4,6,9-10H,5,7H2,(H,21,22,23). The number of aromatic nitrogens is 1. The van der Waals surface area contributed by atoms with Crippen LogP contribution in [0.15, 0.2) is 35.1 Å². The molecule has 0 spiro atoms. The fraction of sp³-hybridized carbons (Fsp3) is 0.312. The number of nitrogens with zero attached hydrogens (tertiary/aromatic N) is 1. The van der Waals surface area contributed by atoms with Crippen molar-refractivity contribution < 1.29 is 31.9 Å². The Kier molecular flexibility index (Phi) is 4.90. The molecule has 0 saturated heterocycles. The number of esters is 1. The van der Waals surface area contributed by atoms with Crippen LogP contribution < -0.4 is 5.32 Å². The summed E-state index contributed by atoms with van der Waals surface area (Å²) < 4.78 is 47.7. The molecule has 3 rings (SSSR count). The van der Waals surface area contributed by atoms with Crippen molar-refractivity contribution in [3.8, 4) is 0 Å². The molecule has 1 aliphatic carbocycles. The van der Waals surface area contributed by atoms with Crippen LogP contribution in [0.25, 0.3) is 0 Å². The topological polar surface area (TPSA) is 81.4 Å². The zero-order valence-electron chi connectivity index (χ0n) is 13.0. The summed E-state index contributed by atoms with van der Waals surface area (Å²) in [6.45, 7) is -0.598. The molecule has 2 aromatic heterocycles. The average Bonchev–Trinajstić information content (AvgIpc) is 3.19. The van der Waals surface area contributed by atoms with Gasteiger partial charge in [-0.2, -0.15) is 13.2 Å². The summed E-state index contributed by atoms with van der Waals surface area (Å²) >= 11 is 5.68. The minimum Gasteiger partial charge on any atom is -0.469 e. The van der Waals surface area contributed by atoms with Gasteiger partial charge in [0.05, 0.1) is 22.8 Å². The van der Waals surface area contributed by atoms with E-state index in [1.165, 1.54) is 6.26 Å². The largest absolute Gasteiger partial charge is 0.469 e. The Morgan fingerprint density at radius 1 is 1.42 bits per heavy atom. The first-order chi connectivity index (χ1) is 12.3. The number of furan rings is 1. The summed E-state index contributed by atoms with van der Waals surface area (Å²) in [5.74, 6) is -1.32. The van der Waals surface area contributed by atoms with Gasteiger partial charge in [0.25, 0.3) is 5.91 Å². The number of pyridine rings is 1. The lowest BCUT2D eigenvalue weighted by molar-refractivity contribution is -0.148. The maximum atomic E-state index is 12.5. The number of carbonyl (C=O) groups excluding carboxylic acids is 2. The van der Waals surface area contributed by atoms with Gasteiger partial charge in [0, 0.05) is 12.1 Å². The monoisotopic (exact) mass is 388 g/mol. The van der Waals surface area contributed by atoms with E-state index in [2.05, 4.69) is 10.3 Å². The third-order valence-electron chi connectivity index (χ3n) is 3.77. The summed E-state index contributed by atoms with van der Waals surface area (Å²) in [7, 11) is 0. The Balaban J connectivity index is 1.50. The van der Waals surface area contributed by atoms with Crippen LogP contribution in [0.5, 0.6) is 0 Å². The van der Waals surface area contributed by atoms with Gasteiger partial charge >= 0.3 is 12.1 Å². The summed E-state index contributed by atoms with van der Waals surface area (Å²) in [5, 5.41) is 1.82. The van der Waals surface area contributed by atoms with Gasteiger partial charge in [-0.1, -0.05) is 11.6 Å². The van der Waals surface area contributed by atoms with Gasteiger partial charge in [0.2, 0.25) is 0 Å². The zero-order chi connectivity index (χ0) is 18.9. The second-order valence-electron chi connectivity index (χ2n) is 5.67. The minimum atomic E-state index is -4.59. The predicted molar refractivity (Wildman–Crippen MR) is 83.4 cm³/mol. The molecule has 2 aromatic rings. The average molecular weight is 389 g/mol. The van der Waals surface area contributed by atoms with E-state index in [1.807, 2.05) is 0 Å². The van der Waals surface area contributed by atoms with E-state index in [9.17, 15) is 22.8 Å². The van der Waals surface area contributed by atoms with Crippen LogP contribution in [0.2, 0.25) is 5.02 Å². The first-order valence-electron chi connectivity index (χ1n) is 7.48. The van der Waals surface area contributed by atoms with Crippen molar-refractivity contribution in [1.82, 2.24) is 4.98 Å². The zero-order valence-corrected chi connectivity index (χ0v) is 13.8. The Morgan fingerprint density at radius 2 is 2.19 bits per heavy atom. The fourth-order valence-electron chi connectivity index (χ4n) is 2.37. The number of carbonyl (C=O) groups is 2. The summed E-state index contributed by atoms with van der Waals surface area (Å²) in [6, 6.07) is 4.11. The van der Waals surface area contributed by atoms with E-state index in [-0.39, 0.29) is 22.7 Å². The van der Waals surface area contributed by atoms with Crippen molar-refractivity contribution in [3.05, 3.63) is 47.0 Å². The molecule has 1 saturated carbocycles. The van der Waals surface area contributed by atoms with Crippen molar-refractivity contribution >= 4 is 29.3 Å². The SMILES string of the molecule is O=C(COC(=O)C1CC1c1ccco1)Nc1ncc(C(F)(F)F)cc1Cl. The highest BCUT2D eigenvalue weighted by Crippen LogP contribution is 2.48. The number of rotatable bonds is 5. The second-order valence-corrected chi connectivity index (χ2v) is 6.08. The molecule has 0 radical (unpaired) electrons. The number of ether oxygens (including phenoxy) is 1. The summed E-state index contributed by atoms with van der Waals surface area (Å²) in [5.41, 5.74) is -1.04. The number of anilines is 1. The molecular formula is C16H12ClF3N2O4. The van der Waals surface area contributed by atoms with E-state index >= 15 is 0 Å². The Hall–Kier alpha value is -2.55. The van der Waals surface area contributed by atoms with E-state index in [0.717, 1.165) is 0 Å². The fourth-order valence-corrected chi connectivity index (χ4v) is 2.58. The number of halogens is 4. The van der Waals surface area contributed by atoms with Crippen LogP contribution in [0.4, 0.5) is 19.0 Å². The highest BCUT2D eigenvalue weighted by atomic mass is 35.5. The van der Waals surface area contributed by atoms with E-state index in [1.54, 1.807) is 12.1 Å². The molecule has 2 atom stereocenters. The van der Waals surface area contributed by atoms with Gasteiger partial charge in [-0.3, -0.25) is 9.59 Å². The molecule has 1 N–H and O–H groups in total. The third kappa shape index (κ3) is 4.16. The number of hydrogen-bond donors (Lipinski definition) is 1. The van der Waals surface area contributed by atoms with Crippen molar-refractivity contribution in [2.75, 3.05) is 11.9 Å². The highest BCUT2D eigenvalue weighted by molar-refractivity contribution is 6.33. The maximum Gasteiger partial charge on any atom is 0.417 e. The van der Waals surface area contributed by atoms with Gasteiger partial charge in [-0.15, -0.1) is 0 Å². The molecule has 6 nitrogen and oxygen atoms in total. The van der Waals surface area contributed by atoms with Crippen molar-refractivity contribution in [3.63, 3.8) is 0 Å². The molecule has 1 aliphatic rings. The Labute approximate surface area is 150 Å². The molecule has 2 heterocycles. The lowest BCUT2D eigenvalue weighted by atomic mass is 10.2. The molecular weight excluding hydrogens is 377 g/mol. The number of amides is 1. The molecule has 1 fully saturated rings. The van der Waals surface area contributed by atoms with Gasteiger partial charge in [0.1, 0.15) is 5.76 Å². The third-order valence-corrected chi connectivity index (χ3v) is 4.06. The molecule has 2 unspecified atom stereocenters. The predicted octanol–water partition coefficient (Wildman–Crippen LogP) is 3.63. The molecule has 0 aromatic carbocycles. The quantitative estimate of drug-likeness (QED) is 0.791. The summed E-state index contributed by atoms with van der Waals surface area (Å²) in [6.07, 6.45) is -1.97. The highest BCUT2D eigenvalue weighted by Gasteiger charge is 2.47. The van der Waals surface area contributed by atoms with Gasteiger partial charge in [-0.05, 0) is 24.6 Å². The van der Waals surface area contributed by atoms with Crippen LogP contribution in [0.3, 0.4) is 0 Å². The van der Waals surface area contributed by atoms with Crippen molar-refractivity contribution in [2.24, 2.45) is 5.92 Å². The van der Waals surface area contributed by atoms with Crippen LogP contribution in [0.1, 0.15) is 23.7 Å². The normalized spacial score (nSPS) is 19.1. The smallest absolute Gasteiger partial charge is 0.417 e. The van der Waals surface area contributed by atoms with Gasteiger partial charge < -0.3 is 14.5 Å². The molecule has 0 bridgehead atoms. The lowest BCUT2D eigenvalue weighted by Gasteiger charge is -2.10. The van der Waals surface area contributed by atoms with E-state index < -0.39 is 30.2 Å². The molecule has 10 heteroatoms. The second kappa shape index (κ2) is 6.99. The first kappa shape index (κ1) is 18.2. The number of alkyl halides is 3. The van der Waals surface area contributed by atoms with Gasteiger partial charge in [-0.25, -0.2) is 4.98 Å². The van der Waals surface area contributed by atoms with E-state index in [4.69, 9.17) is 20.8 Å². The Morgan fingerprint density at radius 3 is 2.81 bits per heavy atom. The molecule has 1 amide bonds. The maximum absolute atomic E-state index is 12.5. The Bertz CT molecular complexity index is 823. The van der Waals surface area contributed by atoms with Crippen LogP contribution in [-0.4, -0.2) is 23.5 Å². The lowest BCUT2D eigenvalue weighted by Crippen LogP contribution is -2.22. The first-order valence-corrected chi connectivity index (χ1v) is 7.86. The minimum absolute atomic E-state index is 0.0633. The molecule has 0 aliphatic heterocycles. The summed E-state index contributed by atoms with van der Waals surface area (Å²) in [4.78, 5) is 27.1. The number of hydrogen-bond acceptors (Lipinski definition) is 5. The van der Waals surface area contributed by atoms with Crippen LogP contribution >= 0.6 is 11.6 Å². The number of nitrogens with one attached hydrogen (secondary N) is 1. The van der Waals surface area contributed by atoms with E-state index in [0.29, 0.717) is 24.4 Å². The van der Waals surface area contributed by atoms with Crippen LogP contribution in [0, 0.1) is 5.92 Å². The van der Waals surface area contributed by atoms with Crippen molar-refractivity contribution in [2.45, 2.75) is 18.5 Å². The molecule has 26 heavy (non-hydrogen) atoms. The van der Waals surface area contributed by atoms with Crippen LogP contribution in [-0.2, 0) is 20.5 Å². The molecule has 138 valence electrons. The van der Waals surface area contributed by atoms with Crippen molar-refractivity contribution in [1.29, 1.82) is 0 Å².